The smallest absolute Gasteiger partial charge is 0.223 e. The molecule has 0 bridgehead atoms. The van der Waals surface area contributed by atoms with Gasteiger partial charge in [-0.2, -0.15) is 0 Å². The van der Waals surface area contributed by atoms with Crippen LogP contribution in [0.4, 0.5) is 0 Å². The van der Waals surface area contributed by atoms with Crippen LogP contribution in [0.1, 0.15) is 43.6 Å². The predicted octanol–water partition coefficient (Wildman–Crippen LogP) is 1.66. The van der Waals surface area contributed by atoms with Crippen LogP contribution in [0.15, 0.2) is 24.5 Å². The van der Waals surface area contributed by atoms with Crippen molar-refractivity contribution in [2.45, 2.75) is 42.8 Å². The Hall–Kier alpha value is -1.43. The molecule has 1 amide bonds. The number of pyridine rings is 1. The Morgan fingerprint density at radius 3 is 2.55 bits per heavy atom. The summed E-state index contributed by atoms with van der Waals surface area (Å²) in [5.74, 6) is 0.206. The van der Waals surface area contributed by atoms with E-state index in [1.165, 1.54) is 6.26 Å². The van der Waals surface area contributed by atoms with Crippen molar-refractivity contribution in [3.05, 3.63) is 30.1 Å². The maximum Gasteiger partial charge on any atom is 0.223 e. The monoisotopic (exact) mass is 322 g/mol. The van der Waals surface area contributed by atoms with Crippen LogP contribution in [-0.4, -0.2) is 36.9 Å². The molecule has 5 nitrogen and oxygen atoms in total. The lowest BCUT2D eigenvalue weighted by molar-refractivity contribution is -0.122. The Kier molecular flexibility index (Phi) is 3.97. The summed E-state index contributed by atoms with van der Waals surface area (Å²) < 4.78 is 23.4. The number of hydrogen-bond acceptors (Lipinski definition) is 4. The molecule has 1 aromatic rings. The Labute approximate surface area is 131 Å². The van der Waals surface area contributed by atoms with E-state index in [0.29, 0.717) is 12.8 Å². The van der Waals surface area contributed by atoms with E-state index < -0.39 is 14.6 Å². The fraction of sp³-hybridized carbons (Fsp3) is 0.625. The van der Waals surface area contributed by atoms with Crippen LogP contribution in [0.5, 0.6) is 0 Å². The number of amides is 1. The van der Waals surface area contributed by atoms with Crippen LogP contribution in [-0.2, 0) is 14.6 Å². The molecule has 22 heavy (non-hydrogen) atoms. The molecule has 0 saturated heterocycles. The van der Waals surface area contributed by atoms with Crippen molar-refractivity contribution in [2.24, 2.45) is 5.92 Å². The molecule has 0 aliphatic heterocycles. The second-order valence-corrected chi connectivity index (χ2v) is 9.02. The molecule has 0 radical (unpaired) electrons. The van der Waals surface area contributed by atoms with Crippen molar-refractivity contribution in [1.29, 1.82) is 0 Å². The van der Waals surface area contributed by atoms with Gasteiger partial charge in [0.1, 0.15) is 0 Å². The molecule has 1 aromatic heterocycles. The van der Waals surface area contributed by atoms with Crippen LogP contribution in [0, 0.1) is 5.92 Å². The molecule has 2 aliphatic rings. The van der Waals surface area contributed by atoms with Gasteiger partial charge in [0.2, 0.25) is 5.91 Å². The van der Waals surface area contributed by atoms with Gasteiger partial charge in [0.25, 0.3) is 0 Å². The maximum atomic E-state index is 12.3. The van der Waals surface area contributed by atoms with Gasteiger partial charge in [-0.25, -0.2) is 8.42 Å². The van der Waals surface area contributed by atoms with E-state index >= 15 is 0 Å². The number of aromatic nitrogens is 1. The Bertz CT molecular complexity index is 651. The summed E-state index contributed by atoms with van der Waals surface area (Å²) in [5, 5.41) is 2.90. The lowest BCUT2D eigenvalue weighted by Crippen LogP contribution is -2.46. The molecule has 3 rings (SSSR count). The largest absolute Gasteiger partial charge is 0.354 e. The molecular weight excluding hydrogens is 300 g/mol. The molecule has 0 spiro atoms. The molecule has 2 fully saturated rings. The zero-order chi connectivity index (χ0) is 15.8. The van der Waals surface area contributed by atoms with Crippen molar-refractivity contribution in [1.82, 2.24) is 10.3 Å². The first-order chi connectivity index (χ1) is 10.4. The highest BCUT2D eigenvalue weighted by molar-refractivity contribution is 7.92. The normalized spacial score (nSPS) is 26.6. The van der Waals surface area contributed by atoms with Crippen molar-refractivity contribution < 1.29 is 13.2 Å². The Morgan fingerprint density at radius 2 is 1.95 bits per heavy atom. The molecule has 0 unspecified atom stereocenters. The minimum atomic E-state index is -3.15. The summed E-state index contributed by atoms with van der Waals surface area (Å²) in [6.45, 7) is 0.254. The predicted molar refractivity (Wildman–Crippen MR) is 84.1 cm³/mol. The summed E-state index contributed by atoms with van der Waals surface area (Å²) in [6.07, 6.45) is 8.76. The summed E-state index contributed by atoms with van der Waals surface area (Å²) in [7, 11) is -3.15. The number of hydrogen-bond donors (Lipinski definition) is 1. The molecule has 2 atom stereocenters. The van der Waals surface area contributed by atoms with E-state index in [1.54, 1.807) is 12.4 Å². The van der Waals surface area contributed by atoms with Gasteiger partial charge in [0, 0.05) is 31.1 Å². The first kappa shape index (κ1) is 15.5. The summed E-state index contributed by atoms with van der Waals surface area (Å²) >= 11 is 0. The molecule has 1 heterocycles. The van der Waals surface area contributed by atoms with E-state index in [4.69, 9.17) is 0 Å². The summed E-state index contributed by atoms with van der Waals surface area (Å²) in [4.78, 5) is 16.3. The summed E-state index contributed by atoms with van der Waals surface area (Å²) in [6, 6.07) is 3.87. The SMILES string of the molecule is CS(=O)(=O)C1(CNC(=O)[C@@H]2C[C@H]2c2ccncc2)CCCC1. The third-order valence-corrected chi connectivity index (χ3v) is 7.27. The van der Waals surface area contributed by atoms with Crippen LogP contribution in [0.25, 0.3) is 0 Å². The number of carbonyl (C=O) groups excluding carboxylic acids is 1. The molecule has 6 heteroatoms. The van der Waals surface area contributed by atoms with E-state index in [2.05, 4.69) is 10.3 Å². The standard InChI is InChI=1S/C16H22N2O3S/c1-22(20,21)16(6-2-3-7-16)11-18-15(19)14-10-13(14)12-4-8-17-9-5-12/h4-5,8-9,13-14H,2-3,6-7,10-11H2,1H3,(H,18,19)/t13-,14+/m0/s1. The van der Waals surface area contributed by atoms with Crippen molar-refractivity contribution in [2.75, 3.05) is 12.8 Å². The highest BCUT2D eigenvalue weighted by Crippen LogP contribution is 2.47. The van der Waals surface area contributed by atoms with Gasteiger partial charge >= 0.3 is 0 Å². The molecule has 1 N–H and O–H groups in total. The van der Waals surface area contributed by atoms with Crippen molar-refractivity contribution in [3.63, 3.8) is 0 Å². The average molecular weight is 322 g/mol. The fourth-order valence-electron chi connectivity index (χ4n) is 3.54. The zero-order valence-corrected chi connectivity index (χ0v) is 13.6. The average Bonchev–Trinajstić information content (AvgIpc) is 3.14. The third kappa shape index (κ3) is 2.89. The van der Waals surface area contributed by atoms with Crippen LogP contribution in [0.3, 0.4) is 0 Å². The quantitative estimate of drug-likeness (QED) is 0.894. The van der Waals surface area contributed by atoms with Gasteiger partial charge in [-0.3, -0.25) is 9.78 Å². The number of nitrogens with zero attached hydrogens (tertiary/aromatic N) is 1. The second-order valence-electron chi connectivity index (χ2n) is 6.61. The first-order valence-corrected chi connectivity index (χ1v) is 9.69. The maximum absolute atomic E-state index is 12.3. The van der Waals surface area contributed by atoms with Crippen molar-refractivity contribution in [3.8, 4) is 0 Å². The Balaban J connectivity index is 1.60. The summed E-state index contributed by atoms with van der Waals surface area (Å²) in [5.41, 5.74) is 1.13. The van der Waals surface area contributed by atoms with E-state index in [9.17, 15) is 13.2 Å². The third-order valence-electron chi connectivity index (χ3n) is 5.15. The van der Waals surface area contributed by atoms with E-state index in [1.807, 2.05) is 12.1 Å². The molecule has 2 saturated carbocycles. The molecular formula is C16H22N2O3S. The topological polar surface area (TPSA) is 76.1 Å². The second kappa shape index (κ2) is 5.65. The van der Waals surface area contributed by atoms with Crippen LogP contribution >= 0.6 is 0 Å². The minimum absolute atomic E-state index is 0.0169. The van der Waals surface area contributed by atoms with Crippen LogP contribution < -0.4 is 5.32 Å². The lowest BCUT2D eigenvalue weighted by atomic mass is 10.1. The lowest BCUT2D eigenvalue weighted by Gasteiger charge is -2.27. The van der Waals surface area contributed by atoms with Gasteiger partial charge in [-0.05, 0) is 42.9 Å². The fourth-order valence-corrected chi connectivity index (χ4v) is 4.91. The number of nitrogens with one attached hydrogen (secondary N) is 1. The van der Waals surface area contributed by atoms with Gasteiger partial charge in [-0.1, -0.05) is 12.8 Å². The van der Waals surface area contributed by atoms with Crippen molar-refractivity contribution >= 4 is 15.7 Å². The van der Waals surface area contributed by atoms with E-state index in [-0.39, 0.29) is 24.3 Å². The van der Waals surface area contributed by atoms with Gasteiger partial charge < -0.3 is 5.32 Å². The number of rotatable bonds is 5. The van der Waals surface area contributed by atoms with Gasteiger partial charge in [0.15, 0.2) is 9.84 Å². The Morgan fingerprint density at radius 1 is 1.32 bits per heavy atom. The molecule has 0 aromatic carbocycles. The molecule has 120 valence electrons. The van der Waals surface area contributed by atoms with Crippen LogP contribution in [0.2, 0.25) is 0 Å². The highest BCUT2D eigenvalue weighted by Gasteiger charge is 2.47. The minimum Gasteiger partial charge on any atom is -0.354 e. The number of sulfone groups is 1. The zero-order valence-electron chi connectivity index (χ0n) is 12.8. The van der Waals surface area contributed by atoms with E-state index in [0.717, 1.165) is 24.8 Å². The molecule has 2 aliphatic carbocycles. The highest BCUT2D eigenvalue weighted by atomic mass is 32.2. The first-order valence-electron chi connectivity index (χ1n) is 7.80. The van der Waals surface area contributed by atoms with Gasteiger partial charge in [0.05, 0.1) is 4.75 Å². The van der Waals surface area contributed by atoms with Gasteiger partial charge in [-0.15, -0.1) is 0 Å². The number of carbonyl (C=O) groups is 1.